The Balaban J connectivity index is 2.39. The predicted molar refractivity (Wildman–Crippen MR) is 68.9 cm³/mol. The summed E-state index contributed by atoms with van der Waals surface area (Å²) >= 11 is 0. The molecule has 0 heterocycles. The molecule has 2 rings (SSSR count). The summed E-state index contributed by atoms with van der Waals surface area (Å²) in [6.45, 7) is 6.51. The highest BCUT2D eigenvalue weighted by Gasteiger charge is 2.48. The maximum Gasteiger partial charge on any atom is 0.146 e. The SMILES string of the molecule is C[C@H]1C=C(C=O)[C@@H](C=O)[C@@H](O)[C@@H]2CC(C)(C)C[C@@H]21. The third-order valence-electron chi connectivity index (χ3n) is 4.73. The van der Waals surface area contributed by atoms with E-state index in [4.69, 9.17) is 0 Å². The van der Waals surface area contributed by atoms with E-state index in [9.17, 15) is 14.7 Å². The monoisotopic (exact) mass is 250 g/mol. The van der Waals surface area contributed by atoms with Gasteiger partial charge >= 0.3 is 0 Å². The second kappa shape index (κ2) is 4.61. The molecule has 1 N–H and O–H groups in total. The first kappa shape index (κ1) is 13.5. The van der Waals surface area contributed by atoms with Crippen molar-refractivity contribution >= 4 is 12.6 Å². The van der Waals surface area contributed by atoms with Crippen molar-refractivity contribution in [2.24, 2.45) is 29.1 Å². The van der Waals surface area contributed by atoms with Crippen molar-refractivity contribution in [2.45, 2.75) is 39.7 Å². The number of hydrogen-bond donors (Lipinski definition) is 1. The maximum atomic E-state index is 11.2. The number of allylic oxidation sites excluding steroid dienone is 1. The van der Waals surface area contributed by atoms with Crippen LogP contribution in [0.5, 0.6) is 0 Å². The highest BCUT2D eigenvalue weighted by Crippen LogP contribution is 2.52. The lowest BCUT2D eigenvalue weighted by Crippen LogP contribution is -2.33. The standard InChI is InChI=1S/C15H22O3/c1-9-4-10(7-16)13(8-17)14(18)12-6-15(2,3)5-11(9)12/h4,7-9,11-14,18H,5-6H2,1-3H3/t9-,11+,12+,13+,14-/m0/s1. The third kappa shape index (κ3) is 2.16. The van der Waals surface area contributed by atoms with Crippen LogP contribution < -0.4 is 0 Å². The van der Waals surface area contributed by atoms with Gasteiger partial charge in [0, 0.05) is 5.57 Å². The van der Waals surface area contributed by atoms with Gasteiger partial charge in [-0.1, -0.05) is 26.8 Å². The highest BCUT2D eigenvalue weighted by molar-refractivity contribution is 5.81. The van der Waals surface area contributed by atoms with Gasteiger partial charge in [-0.05, 0) is 36.0 Å². The molecule has 0 radical (unpaired) electrons. The first-order valence-corrected chi connectivity index (χ1v) is 6.70. The summed E-state index contributed by atoms with van der Waals surface area (Å²) in [6, 6.07) is 0. The number of carbonyl (C=O) groups excluding carboxylic acids is 2. The van der Waals surface area contributed by atoms with Crippen molar-refractivity contribution in [3.63, 3.8) is 0 Å². The lowest BCUT2D eigenvalue weighted by atomic mass is 9.81. The molecule has 3 nitrogen and oxygen atoms in total. The van der Waals surface area contributed by atoms with Crippen LogP contribution in [0.1, 0.15) is 33.6 Å². The molecule has 0 spiro atoms. The minimum atomic E-state index is -0.712. The average molecular weight is 250 g/mol. The summed E-state index contributed by atoms with van der Waals surface area (Å²) in [5.74, 6) is 0.0965. The van der Waals surface area contributed by atoms with Crippen molar-refractivity contribution in [2.75, 3.05) is 0 Å². The number of carbonyl (C=O) groups is 2. The van der Waals surface area contributed by atoms with Gasteiger partial charge in [-0.3, -0.25) is 4.79 Å². The molecule has 1 fully saturated rings. The number of hydrogen-bond acceptors (Lipinski definition) is 3. The van der Waals surface area contributed by atoms with E-state index in [-0.39, 0.29) is 17.3 Å². The molecule has 0 aromatic heterocycles. The maximum absolute atomic E-state index is 11.2. The van der Waals surface area contributed by atoms with Gasteiger partial charge in [0.15, 0.2) is 0 Å². The Morgan fingerprint density at radius 1 is 1.28 bits per heavy atom. The highest BCUT2D eigenvalue weighted by atomic mass is 16.3. The van der Waals surface area contributed by atoms with Crippen molar-refractivity contribution in [1.29, 1.82) is 0 Å². The van der Waals surface area contributed by atoms with E-state index in [0.29, 0.717) is 11.5 Å². The summed E-state index contributed by atoms with van der Waals surface area (Å²) < 4.78 is 0. The van der Waals surface area contributed by atoms with Gasteiger partial charge in [-0.25, -0.2) is 0 Å². The second-order valence-corrected chi connectivity index (χ2v) is 6.70. The van der Waals surface area contributed by atoms with Crippen molar-refractivity contribution in [3.05, 3.63) is 11.6 Å². The molecule has 1 saturated carbocycles. The fourth-order valence-corrected chi connectivity index (χ4v) is 3.89. The van der Waals surface area contributed by atoms with E-state index in [1.165, 1.54) is 0 Å². The van der Waals surface area contributed by atoms with E-state index < -0.39 is 12.0 Å². The largest absolute Gasteiger partial charge is 0.392 e. The summed E-state index contributed by atoms with van der Waals surface area (Å²) in [7, 11) is 0. The zero-order chi connectivity index (χ0) is 13.5. The molecule has 2 aliphatic rings. The molecule has 0 aromatic carbocycles. The Bertz CT molecular complexity index is 383. The Morgan fingerprint density at radius 3 is 2.44 bits per heavy atom. The van der Waals surface area contributed by atoms with Gasteiger partial charge in [0.25, 0.3) is 0 Å². The normalized spacial score (nSPS) is 42.7. The minimum Gasteiger partial charge on any atom is -0.392 e. The molecular weight excluding hydrogens is 228 g/mol. The first-order valence-electron chi connectivity index (χ1n) is 6.70. The molecule has 0 aliphatic heterocycles. The molecule has 100 valence electrons. The number of fused-ring (bicyclic) bond motifs is 1. The van der Waals surface area contributed by atoms with E-state index in [1.54, 1.807) is 0 Å². The third-order valence-corrected chi connectivity index (χ3v) is 4.73. The topological polar surface area (TPSA) is 54.4 Å². The van der Waals surface area contributed by atoms with Crippen LogP contribution in [0, 0.1) is 29.1 Å². The van der Waals surface area contributed by atoms with Crippen LogP contribution in [0.3, 0.4) is 0 Å². The molecule has 0 unspecified atom stereocenters. The van der Waals surface area contributed by atoms with E-state index in [2.05, 4.69) is 20.8 Å². The molecule has 3 heteroatoms. The minimum absolute atomic E-state index is 0.124. The van der Waals surface area contributed by atoms with Gasteiger partial charge < -0.3 is 9.90 Å². The molecule has 0 bridgehead atoms. The number of aliphatic hydroxyl groups is 1. The summed E-state index contributed by atoms with van der Waals surface area (Å²) in [4.78, 5) is 22.3. The van der Waals surface area contributed by atoms with Gasteiger partial charge in [0.2, 0.25) is 0 Å². The van der Waals surface area contributed by atoms with Crippen LogP contribution >= 0.6 is 0 Å². The number of rotatable bonds is 2. The average Bonchev–Trinajstić information content (AvgIpc) is 2.60. The fraction of sp³-hybridized carbons (Fsp3) is 0.733. The smallest absolute Gasteiger partial charge is 0.146 e. The molecular formula is C15H22O3. The predicted octanol–water partition coefficient (Wildman–Crippen LogP) is 1.99. The second-order valence-electron chi connectivity index (χ2n) is 6.70. The van der Waals surface area contributed by atoms with Crippen LogP contribution in [-0.4, -0.2) is 23.8 Å². The summed E-state index contributed by atoms with van der Waals surface area (Å²) in [5.41, 5.74) is 0.669. The molecule has 5 atom stereocenters. The van der Waals surface area contributed by atoms with Crippen LogP contribution in [0.2, 0.25) is 0 Å². The molecule has 18 heavy (non-hydrogen) atoms. The van der Waals surface area contributed by atoms with Crippen LogP contribution in [0.4, 0.5) is 0 Å². The number of aldehydes is 2. The van der Waals surface area contributed by atoms with Crippen molar-refractivity contribution in [3.8, 4) is 0 Å². The van der Waals surface area contributed by atoms with E-state index >= 15 is 0 Å². The summed E-state index contributed by atoms with van der Waals surface area (Å²) in [6.07, 6.45) is 4.60. The van der Waals surface area contributed by atoms with Gasteiger partial charge in [0.1, 0.15) is 12.6 Å². The zero-order valence-corrected chi connectivity index (χ0v) is 11.3. The molecule has 0 amide bonds. The van der Waals surface area contributed by atoms with Crippen molar-refractivity contribution in [1.82, 2.24) is 0 Å². The summed E-state index contributed by atoms with van der Waals surface area (Å²) in [5, 5.41) is 10.4. The van der Waals surface area contributed by atoms with E-state index in [1.807, 2.05) is 6.08 Å². The van der Waals surface area contributed by atoms with Crippen LogP contribution in [0.25, 0.3) is 0 Å². The fourth-order valence-electron chi connectivity index (χ4n) is 3.89. The van der Waals surface area contributed by atoms with Crippen molar-refractivity contribution < 1.29 is 14.7 Å². The van der Waals surface area contributed by atoms with Gasteiger partial charge in [0.05, 0.1) is 12.0 Å². The van der Waals surface area contributed by atoms with Gasteiger partial charge in [-0.15, -0.1) is 0 Å². The Labute approximate surface area is 108 Å². The zero-order valence-electron chi connectivity index (χ0n) is 11.3. The lowest BCUT2D eigenvalue weighted by molar-refractivity contribution is -0.116. The Morgan fingerprint density at radius 2 is 1.89 bits per heavy atom. The van der Waals surface area contributed by atoms with Crippen LogP contribution in [-0.2, 0) is 9.59 Å². The quantitative estimate of drug-likeness (QED) is 0.762. The molecule has 2 aliphatic carbocycles. The lowest BCUT2D eigenvalue weighted by Gasteiger charge is -2.27. The molecule has 0 saturated heterocycles. The Kier molecular flexibility index (Phi) is 3.45. The van der Waals surface area contributed by atoms with E-state index in [0.717, 1.165) is 25.4 Å². The first-order chi connectivity index (χ1) is 8.39. The van der Waals surface area contributed by atoms with Crippen LogP contribution in [0.15, 0.2) is 11.6 Å². The Hall–Kier alpha value is -0.960. The molecule has 0 aromatic rings. The van der Waals surface area contributed by atoms with Gasteiger partial charge in [-0.2, -0.15) is 0 Å². The number of aliphatic hydroxyl groups excluding tert-OH is 1.